The summed E-state index contributed by atoms with van der Waals surface area (Å²) in [7, 11) is 1.31. The van der Waals surface area contributed by atoms with E-state index < -0.39 is 11.7 Å². The fourth-order valence-electron chi connectivity index (χ4n) is 1.35. The number of benzene rings is 1. The number of methoxy groups -OCH3 is 1. The SMILES string of the molecule is COC(=O)c1cccc(-c2cnc(=O)[nH]n2)c1. The van der Waals surface area contributed by atoms with Crippen molar-refractivity contribution in [1.82, 2.24) is 15.2 Å². The van der Waals surface area contributed by atoms with Crippen LogP contribution in [0, 0.1) is 0 Å². The molecule has 2 rings (SSSR count). The van der Waals surface area contributed by atoms with E-state index in [-0.39, 0.29) is 0 Å². The molecule has 0 aliphatic rings. The number of carbonyl (C=O) groups excluding carboxylic acids is 1. The normalized spacial score (nSPS) is 9.94. The Labute approximate surface area is 96.3 Å². The molecule has 0 unspecified atom stereocenters. The first-order valence-electron chi connectivity index (χ1n) is 4.81. The maximum Gasteiger partial charge on any atom is 0.361 e. The molecule has 86 valence electrons. The Kier molecular flexibility index (Phi) is 2.95. The van der Waals surface area contributed by atoms with Crippen LogP contribution in [0.4, 0.5) is 0 Å². The van der Waals surface area contributed by atoms with Gasteiger partial charge in [-0.25, -0.2) is 14.7 Å². The molecule has 0 bridgehead atoms. The van der Waals surface area contributed by atoms with Crippen molar-refractivity contribution in [1.29, 1.82) is 0 Å². The van der Waals surface area contributed by atoms with Crippen LogP contribution < -0.4 is 5.69 Å². The van der Waals surface area contributed by atoms with E-state index in [1.807, 2.05) is 0 Å². The third kappa shape index (κ3) is 2.36. The molecule has 0 radical (unpaired) electrons. The van der Waals surface area contributed by atoms with Gasteiger partial charge >= 0.3 is 11.7 Å². The molecular formula is C11H9N3O3. The predicted molar refractivity (Wildman–Crippen MR) is 59.4 cm³/mol. The lowest BCUT2D eigenvalue weighted by atomic mass is 10.1. The smallest absolute Gasteiger partial charge is 0.361 e. The predicted octanol–water partition coefficient (Wildman–Crippen LogP) is 0.618. The van der Waals surface area contributed by atoms with Crippen molar-refractivity contribution >= 4 is 5.97 Å². The molecule has 0 fully saturated rings. The summed E-state index contributed by atoms with van der Waals surface area (Å²) in [5.41, 5.74) is 1.06. The Morgan fingerprint density at radius 3 is 2.88 bits per heavy atom. The topological polar surface area (TPSA) is 84.9 Å². The summed E-state index contributed by atoms with van der Waals surface area (Å²) in [6, 6.07) is 6.71. The number of aromatic amines is 1. The van der Waals surface area contributed by atoms with Crippen LogP contribution in [0.1, 0.15) is 10.4 Å². The Bertz CT molecular complexity index is 586. The van der Waals surface area contributed by atoms with Crippen LogP contribution in [0.3, 0.4) is 0 Å². The van der Waals surface area contributed by atoms with Crippen molar-refractivity contribution in [3.05, 3.63) is 46.5 Å². The Morgan fingerprint density at radius 2 is 2.24 bits per heavy atom. The first-order valence-corrected chi connectivity index (χ1v) is 4.81. The number of aromatic nitrogens is 3. The van der Waals surface area contributed by atoms with E-state index in [0.29, 0.717) is 16.8 Å². The van der Waals surface area contributed by atoms with Gasteiger partial charge in [0, 0.05) is 5.56 Å². The van der Waals surface area contributed by atoms with Gasteiger partial charge in [-0.2, -0.15) is 10.1 Å². The van der Waals surface area contributed by atoms with Crippen LogP contribution in [-0.2, 0) is 4.74 Å². The van der Waals surface area contributed by atoms with Gasteiger partial charge in [0.05, 0.1) is 18.9 Å². The van der Waals surface area contributed by atoms with Gasteiger partial charge in [0.2, 0.25) is 0 Å². The van der Waals surface area contributed by atoms with Crippen LogP contribution in [0.15, 0.2) is 35.3 Å². The van der Waals surface area contributed by atoms with Gasteiger partial charge in [0.1, 0.15) is 5.69 Å². The Hall–Kier alpha value is -2.50. The number of ether oxygens (including phenoxy) is 1. The number of nitrogens with zero attached hydrogens (tertiary/aromatic N) is 2. The van der Waals surface area contributed by atoms with Crippen LogP contribution in [0.2, 0.25) is 0 Å². The van der Waals surface area contributed by atoms with Crippen molar-refractivity contribution in [2.45, 2.75) is 0 Å². The van der Waals surface area contributed by atoms with Gasteiger partial charge in [-0.15, -0.1) is 0 Å². The lowest BCUT2D eigenvalue weighted by Gasteiger charge is -2.02. The Balaban J connectivity index is 2.42. The molecule has 0 amide bonds. The zero-order valence-electron chi connectivity index (χ0n) is 9.01. The number of hydrogen-bond acceptors (Lipinski definition) is 5. The maximum absolute atomic E-state index is 11.3. The molecule has 2 aromatic rings. The van der Waals surface area contributed by atoms with E-state index in [4.69, 9.17) is 0 Å². The summed E-state index contributed by atoms with van der Waals surface area (Å²) in [6.45, 7) is 0. The summed E-state index contributed by atoms with van der Waals surface area (Å²) in [5, 5.41) is 6.05. The van der Waals surface area contributed by atoms with Crippen LogP contribution >= 0.6 is 0 Å². The number of rotatable bonds is 2. The Morgan fingerprint density at radius 1 is 1.41 bits per heavy atom. The van der Waals surface area contributed by atoms with Gasteiger partial charge in [0.15, 0.2) is 0 Å². The average Bonchev–Trinajstić information content (AvgIpc) is 2.39. The minimum atomic E-state index is -0.516. The van der Waals surface area contributed by atoms with E-state index in [1.54, 1.807) is 24.3 Å². The molecule has 1 heterocycles. The van der Waals surface area contributed by atoms with Crippen LogP contribution in [-0.4, -0.2) is 28.3 Å². The van der Waals surface area contributed by atoms with Crippen LogP contribution in [0.25, 0.3) is 11.3 Å². The minimum absolute atomic E-state index is 0.415. The van der Waals surface area contributed by atoms with Gasteiger partial charge in [-0.05, 0) is 12.1 Å². The second kappa shape index (κ2) is 4.56. The highest BCUT2D eigenvalue weighted by Gasteiger charge is 2.07. The molecule has 0 spiro atoms. The van der Waals surface area contributed by atoms with Gasteiger partial charge < -0.3 is 4.74 Å². The standard InChI is InChI=1S/C11H9N3O3/c1-17-10(15)8-4-2-3-7(5-8)9-6-12-11(16)14-13-9/h2-6H,1H3,(H,12,14,16). The lowest BCUT2D eigenvalue weighted by molar-refractivity contribution is 0.0601. The third-order valence-corrected chi connectivity index (χ3v) is 2.16. The van der Waals surface area contributed by atoms with Crippen molar-refractivity contribution in [2.24, 2.45) is 0 Å². The minimum Gasteiger partial charge on any atom is -0.465 e. The summed E-state index contributed by atoms with van der Waals surface area (Å²) in [6.07, 6.45) is 1.34. The fraction of sp³-hybridized carbons (Fsp3) is 0.0909. The lowest BCUT2D eigenvalue weighted by Crippen LogP contribution is -2.11. The van der Waals surface area contributed by atoms with Gasteiger partial charge in [-0.1, -0.05) is 12.1 Å². The summed E-state index contributed by atoms with van der Waals surface area (Å²) in [5.74, 6) is -0.427. The van der Waals surface area contributed by atoms with E-state index in [2.05, 4.69) is 19.9 Å². The van der Waals surface area contributed by atoms with Crippen molar-refractivity contribution < 1.29 is 9.53 Å². The number of hydrogen-bond donors (Lipinski definition) is 1. The summed E-state index contributed by atoms with van der Waals surface area (Å²) < 4.78 is 4.61. The summed E-state index contributed by atoms with van der Waals surface area (Å²) >= 11 is 0. The largest absolute Gasteiger partial charge is 0.465 e. The monoisotopic (exact) mass is 231 g/mol. The van der Waals surface area contributed by atoms with E-state index in [0.717, 1.165) is 0 Å². The first kappa shape index (κ1) is 11.0. The summed E-state index contributed by atoms with van der Waals surface area (Å²) in [4.78, 5) is 25.7. The molecule has 0 aliphatic carbocycles. The van der Waals surface area contributed by atoms with E-state index in [1.165, 1.54) is 13.3 Å². The first-order chi connectivity index (χ1) is 8.20. The molecule has 1 N–H and O–H groups in total. The van der Waals surface area contributed by atoms with Crippen molar-refractivity contribution in [3.8, 4) is 11.3 Å². The number of nitrogens with one attached hydrogen (secondary N) is 1. The van der Waals surface area contributed by atoms with Gasteiger partial charge in [-0.3, -0.25) is 0 Å². The maximum atomic E-state index is 11.3. The molecule has 17 heavy (non-hydrogen) atoms. The fourth-order valence-corrected chi connectivity index (χ4v) is 1.35. The molecule has 1 aromatic carbocycles. The molecule has 1 aromatic heterocycles. The number of esters is 1. The van der Waals surface area contributed by atoms with E-state index >= 15 is 0 Å². The zero-order valence-corrected chi connectivity index (χ0v) is 9.01. The molecular weight excluding hydrogens is 222 g/mol. The second-order valence-electron chi connectivity index (χ2n) is 3.24. The number of carbonyl (C=O) groups is 1. The molecule has 6 nitrogen and oxygen atoms in total. The van der Waals surface area contributed by atoms with Crippen molar-refractivity contribution in [3.63, 3.8) is 0 Å². The highest BCUT2D eigenvalue weighted by atomic mass is 16.5. The molecule has 6 heteroatoms. The highest BCUT2D eigenvalue weighted by molar-refractivity contribution is 5.90. The third-order valence-electron chi connectivity index (χ3n) is 2.16. The molecule has 0 saturated carbocycles. The molecule has 0 aliphatic heterocycles. The van der Waals surface area contributed by atoms with E-state index in [9.17, 15) is 9.59 Å². The van der Waals surface area contributed by atoms with Crippen molar-refractivity contribution in [2.75, 3.05) is 7.11 Å². The van der Waals surface area contributed by atoms with Crippen LogP contribution in [0.5, 0.6) is 0 Å². The average molecular weight is 231 g/mol. The number of H-pyrrole nitrogens is 1. The van der Waals surface area contributed by atoms with Gasteiger partial charge in [0.25, 0.3) is 0 Å². The molecule has 0 saturated heterocycles. The zero-order chi connectivity index (χ0) is 12.3. The molecule has 0 atom stereocenters. The second-order valence-corrected chi connectivity index (χ2v) is 3.24. The highest BCUT2D eigenvalue weighted by Crippen LogP contribution is 2.16. The quantitative estimate of drug-likeness (QED) is 0.766.